The fourth-order valence-corrected chi connectivity index (χ4v) is 2.79. The number of amides is 2. The number of nitrogens with zero attached hydrogens (tertiary/aromatic N) is 1. The van der Waals surface area contributed by atoms with Crippen LogP contribution in [0.5, 0.6) is 5.75 Å². The smallest absolute Gasteiger partial charge is 0.254 e. The Kier molecular flexibility index (Phi) is 4.50. The van der Waals surface area contributed by atoms with Gasteiger partial charge in [-0.15, -0.1) is 0 Å². The largest absolute Gasteiger partial charge is 0.496 e. The monoisotopic (exact) mass is 290 g/mol. The van der Waals surface area contributed by atoms with E-state index in [2.05, 4.69) is 0 Å². The van der Waals surface area contributed by atoms with Crippen molar-refractivity contribution in [3.63, 3.8) is 0 Å². The van der Waals surface area contributed by atoms with Crippen molar-refractivity contribution in [2.45, 2.75) is 26.7 Å². The molecular weight excluding hydrogens is 268 g/mol. The van der Waals surface area contributed by atoms with Gasteiger partial charge in [0, 0.05) is 24.6 Å². The van der Waals surface area contributed by atoms with Gasteiger partial charge in [-0.3, -0.25) is 9.59 Å². The minimum atomic E-state index is -0.265. The molecule has 1 fully saturated rings. The minimum Gasteiger partial charge on any atom is -0.496 e. The second-order valence-electron chi connectivity index (χ2n) is 5.53. The van der Waals surface area contributed by atoms with E-state index >= 15 is 0 Å². The number of piperidine rings is 1. The molecule has 1 aliphatic rings. The van der Waals surface area contributed by atoms with Crippen molar-refractivity contribution >= 4 is 11.8 Å². The number of likely N-dealkylation sites (tertiary alicyclic amines) is 1. The third-order valence-corrected chi connectivity index (χ3v) is 4.37. The SMILES string of the molecule is COc1ccc(C(=O)N2CCC(C(N)=O)CC2)c(C)c1C. The van der Waals surface area contributed by atoms with Crippen LogP contribution in [0.1, 0.15) is 34.3 Å². The van der Waals surface area contributed by atoms with Crippen molar-refractivity contribution in [1.82, 2.24) is 4.90 Å². The van der Waals surface area contributed by atoms with Crippen LogP contribution in [-0.2, 0) is 4.79 Å². The first-order chi connectivity index (χ1) is 9.95. The number of ether oxygens (including phenoxy) is 1. The third-order valence-electron chi connectivity index (χ3n) is 4.37. The van der Waals surface area contributed by atoms with Crippen LogP contribution >= 0.6 is 0 Å². The lowest BCUT2D eigenvalue weighted by atomic mass is 9.95. The van der Waals surface area contributed by atoms with Crippen LogP contribution in [-0.4, -0.2) is 36.9 Å². The second-order valence-corrected chi connectivity index (χ2v) is 5.53. The molecule has 0 saturated carbocycles. The molecule has 0 spiro atoms. The van der Waals surface area contributed by atoms with Gasteiger partial charge in [0.2, 0.25) is 5.91 Å². The summed E-state index contributed by atoms with van der Waals surface area (Å²) in [5.74, 6) is 0.434. The maximum Gasteiger partial charge on any atom is 0.254 e. The number of rotatable bonds is 3. The van der Waals surface area contributed by atoms with E-state index in [1.165, 1.54) is 0 Å². The number of primary amides is 1. The van der Waals surface area contributed by atoms with Gasteiger partial charge in [-0.1, -0.05) is 0 Å². The van der Waals surface area contributed by atoms with Gasteiger partial charge in [-0.2, -0.15) is 0 Å². The van der Waals surface area contributed by atoms with Crippen LogP contribution in [0.15, 0.2) is 12.1 Å². The summed E-state index contributed by atoms with van der Waals surface area (Å²) in [7, 11) is 1.62. The highest BCUT2D eigenvalue weighted by Crippen LogP contribution is 2.26. The molecule has 0 bridgehead atoms. The van der Waals surface area contributed by atoms with Crippen LogP contribution in [0.4, 0.5) is 0 Å². The van der Waals surface area contributed by atoms with E-state index < -0.39 is 0 Å². The molecule has 0 aromatic heterocycles. The first-order valence-corrected chi connectivity index (χ1v) is 7.18. The van der Waals surface area contributed by atoms with E-state index in [1.54, 1.807) is 12.0 Å². The predicted molar refractivity (Wildman–Crippen MR) is 80.3 cm³/mol. The zero-order valence-electron chi connectivity index (χ0n) is 12.8. The van der Waals surface area contributed by atoms with Crippen molar-refractivity contribution in [2.75, 3.05) is 20.2 Å². The van der Waals surface area contributed by atoms with E-state index in [0.717, 1.165) is 16.9 Å². The molecule has 2 N–H and O–H groups in total. The molecule has 0 unspecified atom stereocenters. The van der Waals surface area contributed by atoms with Crippen molar-refractivity contribution in [3.8, 4) is 5.75 Å². The predicted octanol–water partition coefficient (Wildman–Crippen LogP) is 1.65. The summed E-state index contributed by atoms with van der Waals surface area (Å²) in [5, 5.41) is 0. The Balaban J connectivity index is 2.15. The Morgan fingerprint density at radius 2 is 1.81 bits per heavy atom. The van der Waals surface area contributed by atoms with Gasteiger partial charge in [-0.05, 0) is 49.9 Å². The normalized spacial score (nSPS) is 15.9. The highest BCUT2D eigenvalue weighted by Gasteiger charge is 2.27. The number of hydrogen-bond donors (Lipinski definition) is 1. The summed E-state index contributed by atoms with van der Waals surface area (Å²) in [4.78, 5) is 25.6. The fraction of sp³-hybridized carbons (Fsp3) is 0.500. The number of hydrogen-bond acceptors (Lipinski definition) is 3. The molecule has 114 valence electrons. The maximum atomic E-state index is 12.6. The molecule has 5 nitrogen and oxygen atoms in total. The highest BCUT2D eigenvalue weighted by molar-refractivity contribution is 5.96. The van der Waals surface area contributed by atoms with E-state index in [9.17, 15) is 9.59 Å². The molecule has 1 heterocycles. The molecule has 1 saturated heterocycles. The summed E-state index contributed by atoms with van der Waals surface area (Å²) in [5.41, 5.74) is 7.94. The van der Waals surface area contributed by atoms with Gasteiger partial charge in [0.25, 0.3) is 5.91 Å². The Morgan fingerprint density at radius 1 is 1.19 bits per heavy atom. The van der Waals surface area contributed by atoms with Gasteiger partial charge in [0.1, 0.15) is 5.75 Å². The molecule has 0 aliphatic carbocycles. The first-order valence-electron chi connectivity index (χ1n) is 7.18. The molecule has 1 aromatic carbocycles. The molecule has 5 heteroatoms. The Morgan fingerprint density at radius 3 is 2.33 bits per heavy atom. The summed E-state index contributed by atoms with van der Waals surface area (Å²) in [6.07, 6.45) is 1.30. The van der Waals surface area contributed by atoms with Gasteiger partial charge < -0.3 is 15.4 Å². The van der Waals surface area contributed by atoms with Crippen molar-refractivity contribution in [3.05, 3.63) is 28.8 Å². The lowest BCUT2D eigenvalue weighted by Crippen LogP contribution is -2.42. The van der Waals surface area contributed by atoms with E-state index in [0.29, 0.717) is 31.5 Å². The molecule has 21 heavy (non-hydrogen) atoms. The lowest BCUT2D eigenvalue weighted by Gasteiger charge is -2.31. The highest BCUT2D eigenvalue weighted by atomic mass is 16.5. The summed E-state index contributed by atoms with van der Waals surface area (Å²) in [6, 6.07) is 3.63. The van der Waals surface area contributed by atoms with E-state index in [-0.39, 0.29) is 17.7 Å². The first kappa shape index (κ1) is 15.4. The molecule has 2 rings (SSSR count). The van der Waals surface area contributed by atoms with Gasteiger partial charge >= 0.3 is 0 Å². The average Bonchev–Trinajstić information content (AvgIpc) is 2.49. The van der Waals surface area contributed by atoms with E-state index in [1.807, 2.05) is 26.0 Å². The maximum absolute atomic E-state index is 12.6. The number of carbonyl (C=O) groups is 2. The molecule has 1 aromatic rings. The quantitative estimate of drug-likeness (QED) is 0.920. The van der Waals surface area contributed by atoms with Crippen LogP contribution in [0.25, 0.3) is 0 Å². The summed E-state index contributed by atoms with van der Waals surface area (Å²) in [6.45, 7) is 5.04. The molecule has 1 aliphatic heterocycles. The number of methoxy groups -OCH3 is 1. The number of carbonyl (C=O) groups excluding carboxylic acids is 2. The van der Waals surface area contributed by atoms with Crippen molar-refractivity contribution in [1.29, 1.82) is 0 Å². The lowest BCUT2D eigenvalue weighted by molar-refractivity contribution is -0.123. The zero-order chi connectivity index (χ0) is 15.6. The van der Waals surface area contributed by atoms with Gasteiger partial charge in [0.05, 0.1) is 7.11 Å². The number of nitrogens with two attached hydrogens (primary N) is 1. The number of benzene rings is 1. The second kappa shape index (κ2) is 6.16. The zero-order valence-corrected chi connectivity index (χ0v) is 12.8. The third kappa shape index (κ3) is 3.01. The standard InChI is InChI=1S/C16H22N2O3/c1-10-11(2)14(21-3)5-4-13(10)16(20)18-8-6-12(7-9-18)15(17)19/h4-5,12H,6-9H2,1-3H3,(H2,17,19). The van der Waals surface area contributed by atoms with Crippen molar-refractivity contribution < 1.29 is 14.3 Å². The van der Waals surface area contributed by atoms with Crippen molar-refractivity contribution in [2.24, 2.45) is 11.7 Å². The minimum absolute atomic E-state index is 0.0150. The average molecular weight is 290 g/mol. The van der Waals surface area contributed by atoms with Crippen LogP contribution in [0.2, 0.25) is 0 Å². The Bertz CT molecular complexity index is 561. The Hall–Kier alpha value is -2.04. The topological polar surface area (TPSA) is 72.6 Å². The Labute approximate surface area is 125 Å². The molecule has 2 amide bonds. The summed E-state index contributed by atoms with van der Waals surface area (Å²) >= 11 is 0. The van der Waals surface area contributed by atoms with Gasteiger partial charge in [0.15, 0.2) is 0 Å². The molecule has 0 atom stereocenters. The van der Waals surface area contributed by atoms with Crippen LogP contribution in [0, 0.1) is 19.8 Å². The van der Waals surface area contributed by atoms with Crippen LogP contribution in [0.3, 0.4) is 0 Å². The van der Waals surface area contributed by atoms with E-state index in [4.69, 9.17) is 10.5 Å². The van der Waals surface area contributed by atoms with Crippen LogP contribution < -0.4 is 10.5 Å². The molecule has 0 radical (unpaired) electrons. The fourth-order valence-electron chi connectivity index (χ4n) is 2.79. The summed E-state index contributed by atoms with van der Waals surface area (Å²) < 4.78 is 5.27. The van der Waals surface area contributed by atoms with Gasteiger partial charge in [-0.25, -0.2) is 0 Å². The molecular formula is C16H22N2O3.